The zero-order chi connectivity index (χ0) is 17.8. The molecule has 25 heavy (non-hydrogen) atoms. The first kappa shape index (κ1) is 17.4. The van der Waals surface area contributed by atoms with Crippen molar-refractivity contribution in [1.82, 2.24) is 14.8 Å². The zero-order valence-electron chi connectivity index (χ0n) is 13.9. The predicted octanol–water partition coefficient (Wildman–Crippen LogP) is 4.28. The summed E-state index contributed by atoms with van der Waals surface area (Å²) in [6.07, 6.45) is 2.00. The van der Waals surface area contributed by atoms with Crippen LogP contribution in [0.1, 0.15) is 5.56 Å². The Morgan fingerprint density at radius 1 is 1.28 bits per heavy atom. The van der Waals surface area contributed by atoms with E-state index in [4.69, 9.17) is 12.2 Å². The normalized spacial score (nSPS) is 10.6. The van der Waals surface area contributed by atoms with E-state index in [0.29, 0.717) is 10.6 Å². The molecule has 2 N–H and O–H groups in total. The molecule has 128 valence electrons. The summed E-state index contributed by atoms with van der Waals surface area (Å²) in [5.74, 6) is 0.502. The highest BCUT2D eigenvalue weighted by Crippen LogP contribution is 2.20. The Morgan fingerprint density at radius 3 is 2.76 bits per heavy atom. The molecule has 0 atom stereocenters. The Kier molecular flexibility index (Phi) is 5.35. The van der Waals surface area contributed by atoms with Crippen LogP contribution in [0.3, 0.4) is 0 Å². The maximum Gasteiger partial charge on any atom is 0.244 e. The van der Waals surface area contributed by atoms with Gasteiger partial charge in [-0.25, -0.2) is 0 Å². The van der Waals surface area contributed by atoms with E-state index in [1.165, 1.54) is 0 Å². The molecule has 1 amide bonds. The van der Waals surface area contributed by atoms with Gasteiger partial charge in [0.2, 0.25) is 5.91 Å². The first-order valence-electron chi connectivity index (χ1n) is 7.73. The van der Waals surface area contributed by atoms with E-state index in [1.54, 1.807) is 16.3 Å². The Labute approximate surface area is 155 Å². The molecule has 0 radical (unpaired) electrons. The lowest BCUT2D eigenvalue weighted by molar-refractivity contribution is -0.116. The molecular weight excluding hydrogens is 352 g/mol. The number of carbonyl (C=O) groups is 1. The van der Waals surface area contributed by atoms with Crippen LogP contribution in [0.2, 0.25) is 0 Å². The van der Waals surface area contributed by atoms with Gasteiger partial charge >= 0.3 is 0 Å². The lowest BCUT2D eigenvalue weighted by atomic mass is 10.1. The Hall–Kier alpha value is -2.38. The van der Waals surface area contributed by atoms with Crippen LogP contribution in [0.4, 0.5) is 5.69 Å². The number of H-pyrrole nitrogens is 1. The molecule has 5 nitrogen and oxygen atoms in total. The summed E-state index contributed by atoms with van der Waals surface area (Å²) in [5, 5.41) is 9.94. The minimum absolute atomic E-state index is 0.0992. The standard InChI is InChI=1S/C18H18N4OS2/c1-12-6-8-13(9-7-12)17-20-21-18(24)22(17)11-16(23)19-14-4-3-5-15(10-14)25-2/h3-10H,11H2,1-2H3,(H,19,23)(H,21,24). The maximum absolute atomic E-state index is 12.4. The fraction of sp³-hybridized carbons (Fsp3) is 0.167. The van der Waals surface area contributed by atoms with E-state index in [2.05, 4.69) is 15.5 Å². The molecule has 3 rings (SSSR count). The molecule has 0 aliphatic heterocycles. The Balaban J connectivity index is 1.80. The number of aromatic nitrogens is 3. The summed E-state index contributed by atoms with van der Waals surface area (Å²) < 4.78 is 2.12. The van der Waals surface area contributed by atoms with Crippen molar-refractivity contribution < 1.29 is 4.79 Å². The first-order valence-corrected chi connectivity index (χ1v) is 9.36. The number of benzene rings is 2. The summed E-state index contributed by atoms with van der Waals surface area (Å²) >= 11 is 6.91. The highest BCUT2D eigenvalue weighted by atomic mass is 32.2. The number of amides is 1. The van der Waals surface area contributed by atoms with Crippen molar-refractivity contribution in [1.29, 1.82) is 0 Å². The van der Waals surface area contributed by atoms with E-state index in [-0.39, 0.29) is 12.5 Å². The van der Waals surface area contributed by atoms with Gasteiger partial charge < -0.3 is 5.32 Å². The number of hydrogen-bond donors (Lipinski definition) is 2. The minimum atomic E-state index is -0.149. The number of anilines is 1. The molecule has 0 bridgehead atoms. The number of thioether (sulfide) groups is 1. The number of nitrogens with zero attached hydrogens (tertiary/aromatic N) is 2. The number of aryl methyl sites for hydroxylation is 1. The summed E-state index contributed by atoms with van der Waals surface area (Å²) in [6.45, 7) is 2.12. The molecule has 3 aromatic rings. The largest absolute Gasteiger partial charge is 0.324 e. The molecule has 1 aromatic heterocycles. The lowest BCUT2D eigenvalue weighted by Gasteiger charge is -2.09. The van der Waals surface area contributed by atoms with Crippen LogP contribution in [-0.2, 0) is 11.3 Å². The van der Waals surface area contributed by atoms with Crippen molar-refractivity contribution in [2.75, 3.05) is 11.6 Å². The number of rotatable bonds is 5. The third kappa shape index (κ3) is 4.18. The third-order valence-electron chi connectivity index (χ3n) is 3.72. The number of nitrogens with one attached hydrogen (secondary N) is 2. The van der Waals surface area contributed by atoms with Gasteiger partial charge in [0.25, 0.3) is 0 Å². The van der Waals surface area contributed by atoms with Gasteiger partial charge in [-0.1, -0.05) is 35.9 Å². The number of aromatic amines is 1. The van der Waals surface area contributed by atoms with E-state index < -0.39 is 0 Å². The summed E-state index contributed by atoms with van der Waals surface area (Å²) in [5.41, 5.74) is 2.84. The van der Waals surface area contributed by atoms with Crippen molar-refractivity contribution in [2.45, 2.75) is 18.4 Å². The fourth-order valence-electron chi connectivity index (χ4n) is 2.43. The van der Waals surface area contributed by atoms with Crippen molar-refractivity contribution in [2.24, 2.45) is 0 Å². The summed E-state index contributed by atoms with van der Waals surface area (Å²) in [6, 6.07) is 15.7. The van der Waals surface area contributed by atoms with Crippen LogP contribution < -0.4 is 5.32 Å². The highest BCUT2D eigenvalue weighted by Gasteiger charge is 2.12. The highest BCUT2D eigenvalue weighted by molar-refractivity contribution is 7.98. The van der Waals surface area contributed by atoms with Gasteiger partial charge in [0.05, 0.1) is 0 Å². The first-order chi connectivity index (χ1) is 12.1. The second-order valence-electron chi connectivity index (χ2n) is 5.58. The molecule has 2 aromatic carbocycles. The molecule has 0 spiro atoms. The molecule has 1 heterocycles. The topological polar surface area (TPSA) is 62.7 Å². The van der Waals surface area contributed by atoms with E-state index in [9.17, 15) is 4.79 Å². The van der Waals surface area contributed by atoms with Crippen molar-refractivity contribution in [3.05, 3.63) is 58.9 Å². The monoisotopic (exact) mass is 370 g/mol. The van der Waals surface area contributed by atoms with E-state index in [0.717, 1.165) is 21.7 Å². The van der Waals surface area contributed by atoms with Crippen molar-refractivity contribution in [3.63, 3.8) is 0 Å². The van der Waals surface area contributed by atoms with Crippen LogP contribution in [0.15, 0.2) is 53.4 Å². The lowest BCUT2D eigenvalue weighted by Crippen LogP contribution is -2.19. The van der Waals surface area contributed by atoms with Gasteiger partial charge in [-0.3, -0.25) is 14.5 Å². The van der Waals surface area contributed by atoms with E-state index in [1.807, 2.05) is 61.7 Å². The predicted molar refractivity (Wildman–Crippen MR) is 104 cm³/mol. The molecule has 0 unspecified atom stereocenters. The van der Waals surface area contributed by atoms with Gasteiger partial charge in [0, 0.05) is 16.1 Å². The Bertz CT molecular complexity index is 944. The number of carbonyl (C=O) groups excluding carboxylic acids is 1. The maximum atomic E-state index is 12.4. The number of hydrogen-bond acceptors (Lipinski definition) is 4. The second kappa shape index (κ2) is 7.67. The smallest absolute Gasteiger partial charge is 0.244 e. The summed E-state index contributed by atoms with van der Waals surface area (Å²) in [7, 11) is 0. The third-order valence-corrected chi connectivity index (χ3v) is 4.76. The van der Waals surface area contributed by atoms with Crippen molar-refractivity contribution in [3.8, 4) is 11.4 Å². The van der Waals surface area contributed by atoms with Crippen LogP contribution in [0.5, 0.6) is 0 Å². The average molecular weight is 371 g/mol. The van der Waals surface area contributed by atoms with Crippen LogP contribution in [0.25, 0.3) is 11.4 Å². The molecule has 0 aliphatic rings. The van der Waals surface area contributed by atoms with Crippen LogP contribution in [0, 0.1) is 11.7 Å². The molecule has 0 aliphatic carbocycles. The second-order valence-corrected chi connectivity index (χ2v) is 6.85. The van der Waals surface area contributed by atoms with Crippen LogP contribution in [-0.4, -0.2) is 26.9 Å². The van der Waals surface area contributed by atoms with Gasteiger partial charge in [0.15, 0.2) is 10.6 Å². The van der Waals surface area contributed by atoms with Gasteiger partial charge in [0.1, 0.15) is 6.54 Å². The van der Waals surface area contributed by atoms with Gasteiger partial charge in [-0.2, -0.15) is 5.10 Å². The fourth-order valence-corrected chi connectivity index (χ4v) is 3.09. The van der Waals surface area contributed by atoms with Gasteiger partial charge in [-0.05, 0) is 43.6 Å². The minimum Gasteiger partial charge on any atom is -0.324 e. The molecule has 0 saturated carbocycles. The average Bonchev–Trinajstić information content (AvgIpc) is 2.96. The Morgan fingerprint density at radius 2 is 2.04 bits per heavy atom. The van der Waals surface area contributed by atoms with Crippen LogP contribution >= 0.6 is 24.0 Å². The molecule has 0 fully saturated rings. The molecule has 7 heteroatoms. The summed E-state index contributed by atoms with van der Waals surface area (Å²) in [4.78, 5) is 13.5. The van der Waals surface area contributed by atoms with Crippen molar-refractivity contribution >= 4 is 35.6 Å². The zero-order valence-corrected chi connectivity index (χ0v) is 15.6. The van der Waals surface area contributed by atoms with Gasteiger partial charge in [-0.15, -0.1) is 11.8 Å². The van der Waals surface area contributed by atoms with E-state index >= 15 is 0 Å². The SMILES string of the molecule is CSc1cccc(NC(=O)Cn2c(-c3ccc(C)cc3)n[nH]c2=S)c1. The quantitative estimate of drug-likeness (QED) is 0.520. The molecule has 0 saturated heterocycles. The molecular formula is C18H18N4OS2.